The SMILES string of the molecule is C[C@@H]1CC#CCCCCCCCCCC(=O)C1. The molecule has 0 amide bonds. The van der Waals surface area contributed by atoms with Crippen molar-refractivity contribution in [3.8, 4) is 11.8 Å². The summed E-state index contributed by atoms with van der Waals surface area (Å²) in [6.07, 6.45) is 12.3. The molecule has 1 aliphatic rings. The molecule has 0 aromatic rings. The van der Waals surface area contributed by atoms with Crippen LogP contribution in [0.25, 0.3) is 0 Å². The Kier molecular flexibility index (Phi) is 7.80. The predicted molar refractivity (Wildman–Crippen MR) is 72.7 cm³/mol. The Hall–Kier alpha value is -0.770. The largest absolute Gasteiger partial charge is 0.300 e. The Labute approximate surface area is 106 Å². The fourth-order valence-electron chi connectivity index (χ4n) is 2.32. The molecule has 1 nitrogen and oxygen atoms in total. The molecule has 1 atom stereocenters. The molecular formula is C16H26O. The normalized spacial score (nSPS) is 25.2. The summed E-state index contributed by atoms with van der Waals surface area (Å²) in [4.78, 5) is 11.7. The second-order valence-corrected chi connectivity index (χ2v) is 5.38. The van der Waals surface area contributed by atoms with Gasteiger partial charge in [-0.2, -0.15) is 0 Å². The van der Waals surface area contributed by atoms with Crippen LogP contribution >= 0.6 is 0 Å². The minimum Gasteiger partial charge on any atom is -0.300 e. The molecule has 0 heterocycles. The maximum absolute atomic E-state index is 11.7. The third kappa shape index (κ3) is 8.02. The molecule has 96 valence electrons. The fourth-order valence-corrected chi connectivity index (χ4v) is 2.32. The lowest BCUT2D eigenvalue weighted by Gasteiger charge is -2.06. The first-order valence-electron chi connectivity index (χ1n) is 7.26. The zero-order chi connectivity index (χ0) is 12.3. The molecule has 1 heteroatoms. The summed E-state index contributed by atoms with van der Waals surface area (Å²) in [6, 6.07) is 0. The quantitative estimate of drug-likeness (QED) is 0.564. The van der Waals surface area contributed by atoms with Gasteiger partial charge >= 0.3 is 0 Å². The van der Waals surface area contributed by atoms with Crippen molar-refractivity contribution in [1.29, 1.82) is 0 Å². The molecule has 0 bridgehead atoms. The number of ketones is 1. The van der Waals surface area contributed by atoms with Crippen molar-refractivity contribution in [2.45, 2.75) is 77.6 Å². The van der Waals surface area contributed by atoms with E-state index in [-0.39, 0.29) is 0 Å². The Morgan fingerprint density at radius 1 is 0.941 bits per heavy atom. The number of Topliss-reactive ketones (excluding diaryl/α,β-unsaturated/α-hetero) is 1. The topological polar surface area (TPSA) is 17.1 Å². The average Bonchev–Trinajstić information content (AvgIpc) is 2.30. The third-order valence-electron chi connectivity index (χ3n) is 3.41. The van der Waals surface area contributed by atoms with Gasteiger partial charge in [0.05, 0.1) is 0 Å². The summed E-state index contributed by atoms with van der Waals surface area (Å²) in [6.45, 7) is 2.14. The Morgan fingerprint density at radius 3 is 2.35 bits per heavy atom. The van der Waals surface area contributed by atoms with E-state index in [0.717, 1.165) is 32.1 Å². The standard InChI is InChI=1S/C16H26O/c1-15-12-10-8-6-4-2-3-5-7-9-11-13-16(17)14-15/h15H,2-7,9,11-14H2,1H3/t15-/m1/s1. The maximum Gasteiger partial charge on any atom is 0.133 e. The van der Waals surface area contributed by atoms with Crippen molar-refractivity contribution in [2.75, 3.05) is 0 Å². The summed E-state index contributed by atoms with van der Waals surface area (Å²) < 4.78 is 0. The number of hydrogen-bond donors (Lipinski definition) is 0. The Morgan fingerprint density at radius 2 is 1.59 bits per heavy atom. The molecule has 0 saturated heterocycles. The van der Waals surface area contributed by atoms with Crippen LogP contribution in [0.2, 0.25) is 0 Å². The summed E-state index contributed by atoms with van der Waals surface area (Å²) in [5.41, 5.74) is 0. The van der Waals surface area contributed by atoms with E-state index in [1.165, 1.54) is 38.5 Å². The minimum absolute atomic E-state index is 0.439. The van der Waals surface area contributed by atoms with Gasteiger partial charge in [0.1, 0.15) is 5.78 Å². The van der Waals surface area contributed by atoms with E-state index in [4.69, 9.17) is 0 Å². The summed E-state index contributed by atoms with van der Waals surface area (Å²) >= 11 is 0. The number of carbonyl (C=O) groups is 1. The molecule has 0 aliphatic heterocycles. The van der Waals surface area contributed by atoms with Crippen molar-refractivity contribution < 1.29 is 4.79 Å². The highest BCUT2D eigenvalue weighted by atomic mass is 16.1. The molecule has 0 N–H and O–H groups in total. The zero-order valence-corrected chi connectivity index (χ0v) is 11.3. The first-order chi connectivity index (χ1) is 8.29. The van der Waals surface area contributed by atoms with E-state index in [1.54, 1.807) is 0 Å². The molecule has 0 fully saturated rings. The van der Waals surface area contributed by atoms with Gasteiger partial charge in [-0.15, -0.1) is 11.8 Å². The van der Waals surface area contributed by atoms with Gasteiger partial charge in [-0.1, -0.05) is 39.0 Å². The van der Waals surface area contributed by atoms with Crippen molar-refractivity contribution in [3.63, 3.8) is 0 Å². The van der Waals surface area contributed by atoms with Crippen LogP contribution in [0.5, 0.6) is 0 Å². The predicted octanol–water partition coefficient (Wildman–Crippen LogP) is 4.50. The van der Waals surface area contributed by atoms with Crippen LogP contribution in [-0.2, 0) is 4.79 Å². The van der Waals surface area contributed by atoms with E-state index in [0.29, 0.717) is 11.7 Å². The molecule has 0 spiro atoms. The first kappa shape index (κ1) is 14.3. The van der Waals surface area contributed by atoms with Crippen LogP contribution < -0.4 is 0 Å². The molecule has 0 saturated carbocycles. The highest BCUT2D eigenvalue weighted by Crippen LogP contribution is 2.14. The van der Waals surface area contributed by atoms with Crippen LogP contribution in [0.1, 0.15) is 77.6 Å². The van der Waals surface area contributed by atoms with Crippen molar-refractivity contribution in [3.05, 3.63) is 0 Å². The molecule has 1 aliphatic carbocycles. The van der Waals surface area contributed by atoms with Gasteiger partial charge in [0.15, 0.2) is 0 Å². The lowest BCUT2D eigenvalue weighted by molar-refractivity contribution is -0.119. The van der Waals surface area contributed by atoms with Crippen LogP contribution in [0.15, 0.2) is 0 Å². The second kappa shape index (κ2) is 9.28. The third-order valence-corrected chi connectivity index (χ3v) is 3.41. The lowest BCUT2D eigenvalue weighted by atomic mass is 9.98. The van der Waals surface area contributed by atoms with E-state index < -0.39 is 0 Å². The summed E-state index contributed by atoms with van der Waals surface area (Å²) in [5, 5.41) is 0. The minimum atomic E-state index is 0.439. The monoisotopic (exact) mass is 234 g/mol. The van der Waals surface area contributed by atoms with Crippen molar-refractivity contribution in [1.82, 2.24) is 0 Å². The highest BCUT2D eigenvalue weighted by molar-refractivity contribution is 5.78. The zero-order valence-electron chi connectivity index (χ0n) is 11.3. The maximum atomic E-state index is 11.7. The van der Waals surface area contributed by atoms with Crippen LogP contribution in [0.3, 0.4) is 0 Å². The first-order valence-corrected chi connectivity index (χ1v) is 7.26. The van der Waals surface area contributed by atoms with Gasteiger partial charge in [0.2, 0.25) is 0 Å². The van der Waals surface area contributed by atoms with Crippen LogP contribution in [-0.4, -0.2) is 5.78 Å². The highest BCUT2D eigenvalue weighted by Gasteiger charge is 2.07. The average molecular weight is 234 g/mol. The van der Waals surface area contributed by atoms with Gasteiger partial charge in [0.25, 0.3) is 0 Å². The van der Waals surface area contributed by atoms with Crippen LogP contribution in [0.4, 0.5) is 0 Å². The molecule has 1 rings (SSSR count). The van der Waals surface area contributed by atoms with Crippen molar-refractivity contribution >= 4 is 5.78 Å². The molecule has 0 aromatic carbocycles. The van der Waals surface area contributed by atoms with Crippen molar-refractivity contribution in [2.24, 2.45) is 5.92 Å². The Balaban J connectivity index is 2.34. The van der Waals surface area contributed by atoms with Crippen LogP contribution in [0, 0.1) is 17.8 Å². The molecule has 0 radical (unpaired) electrons. The Bertz CT molecular complexity index is 269. The molecule has 0 aromatic heterocycles. The van der Waals surface area contributed by atoms with Gasteiger partial charge in [-0.05, 0) is 18.8 Å². The summed E-state index contributed by atoms with van der Waals surface area (Å²) in [7, 11) is 0. The van der Waals surface area contributed by atoms with Gasteiger partial charge in [-0.3, -0.25) is 4.79 Å². The number of hydrogen-bond acceptors (Lipinski definition) is 1. The van der Waals surface area contributed by atoms with E-state index in [1.807, 2.05) is 0 Å². The molecule has 0 unspecified atom stereocenters. The van der Waals surface area contributed by atoms with Gasteiger partial charge in [0, 0.05) is 25.7 Å². The van der Waals surface area contributed by atoms with E-state index >= 15 is 0 Å². The fraction of sp³-hybridized carbons (Fsp3) is 0.812. The van der Waals surface area contributed by atoms with E-state index in [2.05, 4.69) is 18.8 Å². The van der Waals surface area contributed by atoms with E-state index in [9.17, 15) is 4.79 Å². The van der Waals surface area contributed by atoms with Gasteiger partial charge < -0.3 is 0 Å². The summed E-state index contributed by atoms with van der Waals surface area (Å²) in [5.74, 6) is 7.35. The molecule has 17 heavy (non-hydrogen) atoms. The second-order valence-electron chi connectivity index (χ2n) is 5.38. The lowest BCUT2D eigenvalue weighted by Crippen LogP contribution is -2.04. The van der Waals surface area contributed by atoms with Gasteiger partial charge in [-0.25, -0.2) is 0 Å². The number of carbonyl (C=O) groups excluding carboxylic acids is 1. The number of rotatable bonds is 0. The smallest absolute Gasteiger partial charge is 0.133 e. The molecular weight excluding hydrogens is 208 g/mol.